The van der Waals surface area contributed by atoms with E-state index >= 15 is 0 Å². The number of rotatable bonds is 7. The number of benzene rings is 1. The van der Waals surface area contributed by atoms with E-state index in [1.807, 2.05) is 6.07 Å². The summed E-state index contributed by atoms with van der Waals surface area (Å²) >= 11 is 0. The fourth-order valence-electron chi connectivity index (χ4n) is 2.51. The highest BCUT2D eigenvalue weighted by atomic mass is 15.1. The molecule has 1 aromatic carbocycles. The van der Waals surface area contributed by atoms with Crippen molar-refractivity contribution in [1.29, 1.82) is 0 Å². The minimum Gasteiger partial charge on any atom is -0.330 e. The van der Waals surface area contributed by atoms with Crippen molar-refractivity contribution in [3.63, 3.8) is 0 Å². The Labute approximate surface area is 121 Å². The van der Waals surface area contributed by atoms with Crippen molar-refractivity contribution in [1.82, 2.24) is 19.8 Å². The molecular weight excluding hydrogens is 248 g/mol. The highest BCUT2D eigenvalue weighted by Gasteiger charge is 2.13. The van der Waals surface area contributed by atoms with Crippen LogP contribution < -0.4 is 5.32 Å². The Morgan fingerprint density at radius 2 is 2.00 bits per heavy atom. The average molecular weight is 274 g/mol. The number of nitrogens with zero attached hydrogens (tertiary/aromatic N) is 3. The minimum atomic E-state index is 0.284. The first kappa shape index (κ1) is 15.0. The van der Waals surface area contributed by atoms with Crippen LogP contribution in [-0.4, -0.2) is 41.6 Å². The van der Waals surface area contributed by atoms with E-state index in [1.165, 1.54) is 18.4 Å². The summed E-state index contributed by atoms with van der Waals surface area (Å²) < 4.78 is 2.19. The number of fused-ring (bicyclic) bond motifs is 1. The number of para-hydroxylation sites is 2. The molecule has 1 N–H and O–H groups in total. The minimum absolute atomic E-state index is 0.284. The van der Waals surface area contributed by atoms with Gasteiger partial charge in [0.25, 0.3) is 0 Å². The van der Waals surface area contributed by atoms with Gasteiger partial charge in [-0.1, -0.05) is 12.1 Å². The smallest absolute Gasteiger partial charge is 0.126 e. The zero-order valence-corrected chi connectivity index (χ0v) is 13.1. The third kappa shape index (κ3) is 3.58. The molecule has 0 aliphatic heterocycles. The van der Waals surface area contributed by atoms with Gasteiger partial charge in [-0.15, -0.1) is 0 Å². The molecule has 0 aliphatic carbocycles. The van der Waals surface area contributed by atoms with Crippen molar-refractivity contribution in [2.75, 3.05) is 27.2 Å². The Balaban J connectivity index is 1.91. The van der Waals surface area contributed by atoms with Gasteiger partial charge >= 0.3 is 0 Å². The monoisotopic (exact) mass is 274 g/mol. The third-order valence-corrected chi connectivity index (χ3v) is 3.69. The van der Waals surface area contributed by atoms with Crippen LogP contribution >= 0.6 is 0 Å². The summed E-state index contributed by atoms with van der Waals surface area (Å²) in [6, 6.07) is 8.58. The van der Waals surface area contributed by atoms with Crippen molar-refractivity contribution in [3.05, 3.63) is 30.1 Å². The van der Waals surface area contributed by atoms with Gasteiger partial charge in [-0.05, 0) is 59.1 Å². The molecule has 0 aliphatic rings. The van der Waals surface area contributed by atoms with Crippen LogP contribution in [0.4, 0.5) is 0 Å². The van der Waals surface area contributed by atoms with Crippen LogP contribution in [0.5, 0.6) is 0 Å². The summed E-state index contributed by atoms with van der Waals surface area (Å²) in [5, 5.41) is 3.57. The lowest BCUT2D eigenvalue weighted by Crippen LogP contribution is -2.23. The summed E-state index contributed by atoms with van der Waals surface area (Å²) in [6.07, 6.45) is 2.43. The van der Waals surface area contributed by atoms with Gasteiger partial charge in [0, 0.05) is 7.05 Å². The van der Waals surface area contributed by atoms with Crippen molar-refractivity contribution in [2.45, 2.75) is 25.8 Å². The Hall–Kier alpha value is -1.39. The van der Waals surface area contributed by atoms with Gasteiger partial charge in [0.15, 0.2) is 0 Å². The normalized spacial score (nSPS) is 13.2. The largest absolute Gasteiger partial charge is 0.330 e. The fraction of sp³-hybridized carbons (Fsp3) is 0.562. The molecule has 0 radical (unpaired) electrons. The third-order valence-electron chi connectivity index (χ3n) is 3.69. The van der Waals surface area contributed by atoms with E-state index in [4.69, 9.17) is 4.98 Å². The summed E-state index contributed by atoms with van der Waals surface area (Å²) in [7, 11) is 6.33. The van der Waals surface area contributed by atoms with Gasteiger partial charge in [0.05, 0.1) is 17.1 Å². The molecule has 0 fully saturated rings. The first-order valence-electron chi connectivity index (χ1n) is 7.39. The van der Waals surface area contributed by atoms with Gasteiger partial charge in [-0.25, -0.2) is 4.98 Å². The van der Waals surface area contributed by atoms with Gasteiger partial charge in [0.1, 0.15) is 5.82 Å². The van der Waals surface area contributed by atoms with Crippen LogP contribution in [0, 0.1) is 0 Å². The number of imidazole rings is 1. The summed E-state index contributed by atoms with van der Waals surface area (Å²) in [6.45, 7) is 4.38. The van der Waals surface area contributed by atoms with E-state index in [0.29, 0.717) is 0 Å². The predicted molar refractivity (Wildman–Crippen MR) is 84.9 cm³/mol. The number of aryl methyl sites for hydroxylation is 1. The van der Waals surface area contributed by atoms with Crippen LogP contribution in [0.3, 0.4) is 0 Å². The Morgan fingerprint density at radius 1 is 1.25 bits per heavy atom. The van der Waals surface area contributed by atoms with E-state index in [9.17, 15) is 0 Å². The van der Waals surface area contributed by atoms with Gasteiger partial charge in [-0.3, -0.25) is 0 Å². The summed E-state index contributed by atoms with van der Waals surface area (Å²) in [5.41, 5.74) is 2.27. The molecule has 2 aromatic rings. The number of nitrogens with one attached hydrogen (secondary N) is 1. The molecule has 0 saturated carbocycles. The number of unbranched alkanes of at least 4 members (excludes halogenated alkanes) is 1. The first-order chi connectivity index (χ1) is 9.59. The molecule has 1 heterocycles. The molecule has 0 saturated heterocycles. The summed E-state index contributed by atoms with van der Waals surface area (Å²) in [4.78, 5) is 6.96. The Morgan fingerprint density at radius 3 is 2.70 bits per heavy atom. The molecule has 1 atom stereocenters. The Kier molecular flexibility index (Phi) is 5.15. The van der Waals surface area contributed by atoms with Crippen LogP contribution in [0.25, 0.3) is 11.0 Å². The molecule has 0 amide bonds. The van der Waals surface area contributed by atoms with Gasteiger partial charge in [0.2, 0.25) is 0 Å². The molecule has 1 aromatic heterocycles. The molecule has 20 heavy (non-hydrogen) atoms. The maximum absolute atomic E-state index is 4.73. The quantitative estimate of drug-likeness (QED) is 0.788. The van der Waals surface area contributed by atoms with Crippen molar-refractivity contribution in [3.8, 4) is 0 Å². The first-order valence-corrected chi connectivity index (χ1v) is 7.39. The second-order valence-electron chi connectivity index (χ2n) is 5.70. The van der Waals surface area contributed by atoms with Crippen LogP contribution in [0.1, 0.15) is 31.6 Å². The maximum atomic E-state index is 4.73. The van der Waals surface area contributed by atoms with E-state index < -0.39 is 0 Å². The molecule has 4 heteroatoms. The van der Waals surface area contributed by atoms with E-state index in [-0.39, 0.29) is 6.04 Å². The second-order valence-corrected chi connectivity index (χ2v) is 5.70. The zero-order chi connectivity index (χ0) is 14.5. The van der Waals surface area contributed by atoms with Gasteiger partial charge < -0.3 is 14.8 Å². The van der Waals surface area contributed by atoms with E-state index in [0.717, 1.165) is 24.4 Å². The number of aromatic nitrogens is 2. The fourth-order valence-corrected chi connectivity index (χ4v) is 2.51. The lowest BCUT2D eigenvalue weighted by atomic mass is 10.2. The lowest BCUT2D eigenvalue weighted by molar-refractivity contribution is 0.388. The van der Waals surface area contributed by atoms with Crippen molar-refractivity contribution >= 4 is 11.0 Å². The van der Waals surface area contributed by atoms with E-state index in [1.54, 1.807) is 0 Å². The van der Waals surface area contributed by atoms with Crippen LogP contribution in [0.15, 0.2) is 24.3 Å². The SMILES string of the molecule is CC(NCCCCN(C)C)c1nc2ccccc2n1C. The average Bonchev–Trinajstić information content (AvgIpc) is 2.76. The molecule has 1 unspecified atom stereocenters. The molecule has 2 rings (SSSR count). The highest BCUT2D eigenvalue weighted by molar-refractivity contribution is 5.75. The second kappa shape index (κ2) is 6.86. The maximum Gasteiger partial charge on any atom is 0.126 e. The number of hydrogen-bond acceptors (Lipinski definition) is 3. The zero-order valence-electron chi connectivity index (χ0n) is 13.1. The highest BCUT2D eigenvalue weighted by Crippen LogP contribution is 2.18. The Bertz CT molecular complexity index is 544. The molecular formula is C16H26N4. The molecule has 0 spiro atoms. The molecule has 4 nitrogen and oxygen atoms in total. The van der Waals surface area contributed by atoms with Crippen molar-refractivity contribution in [2.24, 2.45) is 7.05 Å². The molecule has 0 bridgehead atoms. The lowest BCUT2D eigenvalue weighted by Gasteiger charge is -2.14. The van der Waals surface area contributed by atoms with Gasteiger partial charge in [-0.2, -0.15) is 0 Å². The predicted octanol–water partition coefficient (Wildman–Crippen LogP) is 2.57. The standard InChI is InChI=1S/C16H26N4/c1-13(17-11-7-8-12-19(2)3)16-18-14-9-5-6-10-15(14)20(16)4/h5-6,9-10,13,17H,7-8,11-12H2,1-4H3. The van der Waals surface area contributed by atoms with Crippen LogP contribution in [-0.2, 0) is 7.05 Å². The van der Waals surface area contributed by atoms with Crippen molar-refractivity contribution < 1.29 is 0 Å². The topological polar surface area (TPSA) is 33.1 Å². The molecule has 110 valence electrons. The number of hydrogen-bond donors (Lipinski definition) is 1. The summed E-state index contributed by atoms with van der Waals surface area (Å²) in [5.74, 6) is 1.11. The van der Waals surface area contributed by atoms with Crippen LogP contribution in [0.2, 0.25) is 0 Å². The van der Waals surface area contributed by atoms with E-state index in [2.05, 4.69) is 61.0 Å².